The minimum atomic E-state index is -4.38. The average molecular weight is 899 g/mol. The van der Waals surface area contributed by atoms with Gasteiger partial charge in [-0.2, -0.15) is 0 Å². The molecule has 0 heterocycles. The number of carbonyl (C=O) groups excluding carboxylic acids is 2. The second-order valence-electron chi connectivity index (χ2n) is 19.0. The third-order valence-electron chi connectivity index (χ3n) is 11.6. The van der Waals surface area contributed by atoms with E-state index < -0.39 is 26.5 Å². The van der Waals surface area contributed by atoms with Crippen LogP contribution in [0.4, 0.5) is 0 Å². The van der Waals surface area contributed by atoms with Gasteiger partial charge in [0.25, 0.3) is 0 Å². The number of ether oxygens (including phenoxy) is 2. The molecular formula is C52H101NO8P+. The predicted molar refractivity (Wildman–Crippen MR) is 261 cm³/mol. The number of nitrogens with zero attached hydrogens (tertiary/aromatic N) is 1. The van der Waals surface area contributed by atoms with Crippen LogP contribution >= 0.6 is 7.82 Å². The van der Waals surface area contributed by atoms with Crippen molar-refractivity contribution in [2.75, 3.05) is 47.5 Å². The smallest absolute Gasteiger partial charge is 0.462 e. The summed E-state index contributed by atoms with van der Waals surface area (Å²) in [5.41, 5.74) is 0. The summed E-state index contributed by atoms with van der Waals surface area (Å²) in [7, 11) is 1.47. The maximum atomic E-state index is 12.7. The summed E-state index contributed by atoms with van der Waals surface area (Å²) in [6, 6.07) is 0. The summed E-state index contributed by atoms with van der Waals surface area (Å²) in [4.78, 5) is 35.5. The molecule has 0 aromatic rings. The number of esters is 2. The van der Waals surface area contributed by atoms with Gasteiger partial charge in [0.05, 0.1) is 27.7 Å². The van der Waals surface area contributed by atoms with E-state index in [1.807, 2.05) is 27.2 Å². The lowest BCUT2D eigenvalue weighted by molar-refractivity contribution is -0.870. The van der Waals surface area contributed by atoms with Crippen molar-refractivity contribution in [1.82, 2.24) is 0 Å². The van der Waals surface area contributed by atoms with Crippen LogP contribution in [0.3, 0.4) is 0 Å². The third-order valence-corrected chi connectivity index (χ3v) is 12.6. The first-order valence-corrected chi connectivity index (χ1v) is 27.5. The van der Waals surface area contributed by atoms with E-state index in [0.717, 1.165) is 38.5 Å². The first-order chi connectivity index (χ1) is 30.0. The molecule has 0 rings (SSSR count). The number of allylic oxidation sites excluding steroid dienone is 3. The fraction of sp³-hybridized carbons (Fsp3) is 0.885. The molecule has 10 heteroatoms. The molecule has 0 aliphatic heterocycles. The van der Waals surface area contributed by atoms with Gasteiger partial charge in [-0.25, -0.2) is 4.57 Å². The van der Waals surface area contributed by atoms with Crippen LogP contribution in [-0.2, 0) is 32.7 Å². The Kier molecular flexibility index (Phi) is 43.6. The van der Waals surface area contributed by atoms with Gasteiger partial charge in [-0.1, -0.05) is 205 Å². The number of unbranched alkanes of at least 4 members (excludes halogenated alkanes) is 32. The van der Waals surface area contributed by atoms with E-state index in [1.54, 1.807) is 0 Å². The highest BCUT2D eigenvalue weighted by Crippen LogP contribution is 2.43. The van der Waals surface area contributed by atoms with E-state index in [4.69, 9.17) is 18.5 Å². The lowest BCUT2D eigenvalue weighted by Gasteiger charge is -2.24. The van der Waals surface area contributed by atoms with Crippen molar-refractivity contribution in [3.8, 4) is 0 Å². The second-order valence-corrected chi connectivity index (χ2v) is 20.4. The van der Waals surface area contributed by atoms with Gasteiger partial charge >= 0.3 is 19.8 Å². The Bertz CT molecular complexity index is 1090. The number of phosphoric acid groups is 1. The Morgan fingerprint density at radius 3 is 1.35 bits per heavy atom. The third kappa shape index (κ3) is 48.0. The SMILES string of the molecule is C=CCCCCCCCCCCCCCCCC(=O)OC[C@H](COP(=O)(O)OCC[N+](C)(C)C)OC(=O)CCC/C=C/CCCCCCCCCCCCCCCCCCCC. The van der Waals surface area contributed by atoms with Crippen LogP contribution in [0.2, 0.25) is 0 Å². The Balaban J connectivity index is 4.21. The van der Waals surface area contributed by atoms with Gasteiger partial charge < -0.3 is 18.9 Å². The first kappa shape index (κ1) is 60.5. The molecule has 0 amide bonds. The lowest BCUT2D eigenvalue weighted by atomic mass is 10.0. The Morgan fingerprint density at radius 1 is 0.532 bits per heavy atom. The molecule has 0 radical (unpaired) electrons. The summed E-state index contributed by atoms with van der Waals surface area (Å²) >= 11 is 0. The van der Waals surface area contributed by atoms with Gasteiger partial charge in [0.2, 0.25) is 0 Å². The molecule has 0 aromatic carbocycles. The fourth-order valence-corrected chi connectivity index (χ4v) is 8.27. The maximum Gasteiger partial charge on any atom is 0.472 e. The topological polar surface area (TPSA) is 108 Å². The minimum Gasteiger partial charge on any atom is -0.462 e. The van der Waals surface area contributed by atoms with Gasteiger partial charge in [0.15, 0.2) is 6.10 Å². The molecule has 0 spiro atoms. The van der Waals surface area contributed by atoms with Gasteiger partial charge in [0, 0.05) is 12.8 Å². The molecule has 366 valence electrons. The number of quaternary nitrogens is 1. The zero-order valence-electron chi connectivity index (χ0n) is 41.2. The summed E-state index contributed by atoms with van der Waals surface area (Å²) in [6.07, 6.45) is 50.0. The number of carbonyl (C=O) groups is 2. The van der Waals surface area contributed by atoms with Crippen LogP contribution in [0.1, 0.15) is 244 Å². The molecule has 0 bridgehead atoms. The van der Waals surface area contributed by atoms with Crippen molar-refractivity contribution in [3.63, 3.8) is 0 Å². The number of likely N-dealkylation sites (N-methyl/N-ethyl adjacent to an activating group) is 1. The van der Waals surface area contributed by atoms with Crippen molar-refractivity contribution in [2.24, 2.45) is 0 Å². The molecule has 2 atom stereocenters. The zero-order chi connectivity index (χ0) is 45.7. The van der Waals surface area contributed by atoms with E-state index >= 15 is 0 Å². The first-order valence-electron chi connectivity index (χ1n) is 26.0. The Morgan fingerprint density at radius 2 is 0.919 bits per heavy atom. The molecule has 0 aliphatic carbocycles. The molecule has 1 unspecified atom stereocenters. The van der Waals surface area contributed by atoms with Crippen LogP contribution in [0.25, 0.3) is 0 Å². The summed E-state index contributed by atoms with van der Waals surface area (Å²) in [5.74, 6) is -0.827. The van der Waals surface area contributed by atoms with Crippen LogP contribution in [0.5, 0.6) is 0 Å². The number of phosphoric ester groups is 1. The highest BCUT2D eigenvalue weighted by Gasteiger charge is 2.27. The summed E-state index contributed by atoms with van der Waals surface area (Å²) < 4.78 is 34.4. The number of hydrogen-bond donors (Lipinski definition) is 1. The van der Waals surface area contributed by atoms with Gasteiger partial charge in [-0.3, -0.25) is 18.6 Å². The van der Waals surface area contributed by atoms with Gasteiger partial charge in [-0.05, 0) is 44.9 Å². The molecule has 0 aliphatic rings. The van der Waals surface area contributed by atoms with Crippen LogP contribution in [0, 0.1) is 0 Å². The van der Waals surface area contributed by atoms with Crippen molar-refractivity contribution in [1.29, 1.82) is 0 Å². The van der Waals surface area contributed by atoms with Crippen LogP contribution in [-0.4, -0.2) is 74.9 Å². The quantitative estimate of drug-likeness (QED) is 0.0211. The Hall–Kier alpha value is -1.51. The molecule has 0 saturated heterocycles. The van der Waals surface area contributed by atoms with E-state index in [0.29, 0.717) is 17.4 Å². The second kappa shape index (κ2) is 44.7. The zero-order valence-corrected chi connectivity index (χ0v) is 42.1. The summed E-state index contributed by atoms with van der Waals surface area (Å²) in [6.45, 7) is 5.96. The van der Waals surface area contributed by atoms with E-state index in [1.165, 1.54) is 180 Å². The minimum absolute atomic E-state index is 0.0285. The van der Waals surface area contributed by atoms with E-state index in [9.17, 15) is 19.0 Å². The highest BCUT2D eigenvalue weighted by atomic mass is 31.2. The van der Waals surface area contributed by atoms with Crippen molar-refractivity contribution < 1.29 is 42.1 Å². The van der Waals surface area contributed by atoms with Crippen molar-refractivity contribution in [3.05, 3.63) is 24.8 Å². The van der Waals surface area contributed by atoms with Gasteiger partial charge in [0.1, 0.15) is 19.8 Å². The Labute approximate surface area is 383 Å². The van der Waals surface area contributed by atoms with Crippen LogP contribution in [0.15, 0.2) is 24.8 Å². The predicted octanol–water partition coefficient (Wildman–Crippen LogP) is 15.5. The molecule has 62 heavy (non-hydrogen) atoms. The number of hydrogen-bond acceptors (Lipinski definition) is 7. The van der Waals surface area contributed by atoms with Gasteiger partial charge in [-0.15, -0.1) is 6.58 Å². The lowest BCUT2D eigenvalue weighted by Crippen LogP contribution is -2.37. The standard InChI is InChI=1S/C52H100NO8P/c1-6-8-10-12-14-16-18-20-22-23-24-25-26-27-28-29-31-33-35-37-39-41-43-45-52(55)61-50(49-60-62(56,57)59-47-46-53(3,4)5)48-58-51(54)44-42-40-38-36-34-32-30-21-19-17-15-13-11-9-7-2/h7,37,39,50H,2,6,8-36,38,40-49H2,1,3-5H3/p+1/b39-37+/t50-/m1/s1. The highest BCUT2D eigenvalue weighted by molar-refractivity contribution is 7.47. The molecule has 0 aromatic heterocycles. The van der Waals surface area contributed by atoms with Crippen LogP contribution < -0.4 is 0 Å². The average Bonchev–Trinajstić information content (AvgIpc) is 3.23. The monoisotopic (exact) mass is 899 g/mol. The molecule has 9 nitrogen and oxygen atoms in total. The maximum absolute atomic E-state index is 12.7. The van der Waals surface area contributed by atoms with E-state index in [-0.39, 0.29) is 32.0 Å². The van der Waals surface area contributed by atoms with E-state index in [2.05, 4.69) is 25.7 Å². The van der Waals surface area contributed by atoms with Crippen molar-refractivity contribution in [2.45, 2.75) is 251 Å². The number of rotatable bonds is 49. The normalized spacial score (nSPS) is 13.4. The molecule has 0 saturated carbocycles. The summed E-state index contributed by atoms with van der Waals surface area (Å²) in [5, 5.41) is 0. The fourth-order valence-electron chi connectivity index (χ4n) is 7.53. The molecule has 0 fully saturated rings. The molecular weight excluding hydrogens is 798 g/mol. The largest absolute Gasteiger partial charge is 0.472 e. The van der Waals surface area contributed by atoms with Crippen molar-refractivity contribution >= 4 is 19.8 Å². The molecule has 1 N–H and O–H groups in total.